The zero-order valence-corrected chi connectivity index (χ0v) is 27.7. The summed E-state index contributed by atoms with van der Waals surface area (Å²) in [6, 6.07) is 42.3. The van der Waals surface area contributed by atoms with Crippen LogP contribution in [0, 0.1) is 0 Å². The molecule has 6 nitrogen and oxygen atoms in total. The average molecular weight is 667 g/mol. The molecule has 2 aromatic heterocycles. The van der Waals surface area contributed by atoms with Crippen LogP contribution in [0.3, 0.4) is 0 Å². The molecule has 0 N–H and O–H groups in total. The molecule has 0 bridgehead atoms. The van der Waals surface area contributed by atoms with Gasteiger partial charge in [-0.25, -0.2) is 0 Å². The van der Waals surface area contributed by atoms with Crippen LogP contribution < -0.4 is 28.4 Å². The zero-order chi connectivity index (χ0) is 31.3. The molecule has 4 aromatic carbocycles. The van der Waals surface area contributed by atoms with E-state index in [0.29, 0.717) is 0 Å². The van der Waals surface area contributed by atoms with Gasteiger partial charge < -0.3 is 0 Å². The van der Waals surface area contributed by atoms with Crippen LogP contribution in [0.1, 0.15) is 26.3 Å². The van der Waals surface area contributed by atoms with Crippen molar-refractivity contribution in [3.63, 3.8) is 0 Å². The summed E-state index contributed by atoms with van der Waals surface area (Å²) in [4.78, 5) is 16.5. The zero-order valence-electron chi connectivity index (χ0n) is 26.0. The van der Waals surface area contributed by atoms with Gasteiger partial charge in [-0.05, 0) is 12.1 Å². The molecular formula is C39H33N5OSe. The van der Waals surface area contributed by atoms with E-state index in [1.54, 1.807) is 0 Å². The van der Waals surface area contributed by atoms with E-state index in [1.807, 2.05) is 24.5 Å². The van der Waals surface area contributed by atoms with Gasteiger partial charge in [0.2, 0.25) is 0 Å². The van der Waals surface area contributed by atoms with Gasteiger partial charge in [0, 0.05) is 0 Å². The van der Waals surface area contributed by atoms with E-state index in [9.17, 15) is 0 Å². The van der Waals surface area contributed by atoms with Gasteiger partial charge in [0.25, 0.3) is 0 Å². The molecule has 2 aliphatic heterocycles. The van der Waals surface area contributed by atoms with Crippen LogP contribution in [0.25, 0.3) is 0 Å². The minimum absolute atomic E-state index is 0.00283. The van der Waals surface area contributed by atoms with Crippen molar-refractivity contribution in [1.82, 2.24) is 9.97 Å². The Morgan fingerprint density at radius 1 is 0.609 bits per heavy atom. The Morgan fingerprint density at radius 3 is 2.15 bits per heavy atom. The molecule has 0 radical (unpaired) electrons. The van der Waals surface area contributed by atoms with Crippen LogP contribution in [0.2, 0.25) is 0 Å². The number of nitrogens with zero attached hydrogens (tertiary/aromatic N) is 5. The molecule has 8 rings (SSSR count). The molecule has 0 unspecified atom stereocenters. The van der Waals surface area contributed by atoms with E-state index in [0.717, 1.165) is 41.2 Å². The van der Waals surface area contributed by atoms with E-state index in [2.05, 4.69) is 145 Å². The van der Waals surface area contributed by atoms with Crippen molar-refractivity contribution in [2.24, 2.45) is 0 Å². The summed E-state index contributed by atoms with van der Waals surface area (Å²) in [5.41, 5.74) is 6.89. The van der Waals surface area contributed by atoms with Crippen molar-refractivity contribution in [3.05, 3.63) is 139 Å². The Kier molecular flexibility index (Phi) is 7.01. The molecule has 7 heteroatoms. The van der Waals surface area contributed by atoms with Crippen molar-refractivity contribution in [1.29, 1.82) is 0 Å². The summed E-state index contributed by atoms with van der Waals surface area (Å²) in [7, 11) is 0. The maximum absolute atomic E-state index is 6.59. The van der Waals surface area contributed by atoms with E-state index in [4.69, 9.17) is 14.7 Å². The van der Waals surface area contributed by atoms with Gasteiger partial charge in [0.1, 0.15) is 0 Å². The molecule has 4 heterocycles. The van der Waals surface area contributed by atoms with Gasteiger partial charge in [0.05, 0.1) is 0 Å². The van der Waals surface area contributed by atoms with Crippen LogP contribution >= 0.6 is 0 Å². The molecule has 2 aliphatic rings. The number of benzene rings is 4. The Balaban J connectivity index is 1.13. The molecule has 0 saturated heterocycles. The Bertz CT molecular complexity index is 2060. The fraction of sp³-hybridized carbons (Fsp3) is 0.128. The van der Waals surface area contributed by atoms with E-state index in [-0.39, 0.29) is 20.4 Å². The molecule has 0 saturated carbocycles. The summed E-state index contributed by atoms with van der Waals surface area (Å²) in [5.74, 6) is 3.35. The number of para-hydroxylation sites is 3. The fourth-order valence-electron chi connectivity index (χ4n) is 6.04. The van der Waals surface area contributed by atoms with Crippen LogP contribution in [-0.4, -0.2) is 31.6 Å². The topological polar surface area (TPSA) is 44.7 Å². The number of hydrogen-bond acceptors (Lipinski definition) is 6. The number of fused-ring (bicyclic) bond motifs is 3. The molecule has 46 heavy (non-hydrogen) atoms. The first-order valence-electron chi connectivity index (χ1n) is 15.4. The first-order chi connectivity index (χ1) is 22.4. The number of hydrogen-bond donors (Lipinski definition) is 0. The average Bonchev–Trinajstić information content (AvgIpc) is 3.47. The first kappa shape index (κ1) is 28.4. The van der Waals surface area contributed by atoms with Crippen molar-refractivity contribution in [3.8, 4) is 11.5 Å². The molecule has 226 valence electrons. The molecule has 0 atom stereocenters. The quantitative estimate of drug-likeness (QED) is 0.173. The number of anilines is 7. The Hall–Kier alpha value is -5.10. The predicted molar refractivity (Wildman–Crippen MR) is 189 cm³/mol. The minimum atomic E-state index is -0.00283. The Morgan fingerprint density at radius 2 is 1.35 bits per heavy atom. The first-order valence-corrected chi connectivity index (χ1v) is 17.1. The van der Waals surface area contributed by atoms with Crippen molar-refractivity contribution >= 4 is 64.0 Å². The predicted octanol–water partition coefficient (Wildman–Crippen LogP) is 8.25. The second kappa shape index (κ2) is 11.4. The normalized spacial score (nSPS) is 13.7. The van der Waals surface area contributed by atoms with Crippen LogP contribution in [0.5, 0.6) is 11.5 Å². The van der Waals surface area contributed by atoms with Crippen molar-refractivity contribution in [2.45, 2.75) is 26.2 Å². The molecule has 0 fully saturated rings. The molecular weight excluding hydrogens is 633 g/mol. The SMILES string of the molecule is CC(C)(C)c1ccnc(N2c3cc(Oc4cccc(N5CN(c6ccccc6)c6ccccc65)c4)ccc3[Se]c3cccnc32)c1. The second-order valence-corrected chi connectivity index (χ2v) is 14.7. The van der Waals surface area contributed by atoms with Gasteiger partial charge in [0.15, 0.2) is 0 Å². The van der Waals surface area contributed by atoms with Crippen molar-refractivity contribution in [2.75, 3.05) is 21.4 Å². The summed E-state index contributed by atoms with van der Waals surface area (Å²) in [6.45, 7) is 7.40. The maximum atomic E-state index is 6.59. The van der Waals surface area contributed by atoms with E-state index >= 15 is 0 Å². The van der Waals surface area contributed by atoms with Gasteiger partial charge >= 0.3 is 241 Å². The summed E-state index contributed by atoms with van der Waals surface area (Å²) in [5, 5.41) is 0. The van der Waals surface area contributed by atoms with Gasteiger partial charge in [-0.1, -0.05) is 24.3 Å². The standard InChI is InChI=1S/C39H33N5OSe/c1-39(2,3)27-20-22-40-37(23-27)44-34-25-31(18-19-35(34)46-36-17-10-21-41-38(36)44)45-30-14-9-13-29(24-30)43-26-42(28-11-5-4-6-12-28)32-15-7-8-16-33(32)43/h4-25H,26H2,1-3H3. The third kappa shape index (κ3) is 5.18. The number of ether oxygens (including phenoxy) is 1. The van der Waals surface area contributed by atoms with Crippen LogP contribution in [0.4, 0.5) is 40.1 Å². The van der Waals surface area contributed by atoms with Gasteiger partial charge in [-0.3, -0.25) is 0 Å². The third-order valence-electron chi connectivity index (χ3n) is 8.37. The molecule has 6 aromatic rings. The van der Waals surface area contributed by atoms with Gasteiger partial charge in [-0.2, -0.15) is 0 Å². The second-order valence-electron chi connectivity index (χ2n) is 12.5. The molecule has 0 amide bonds. The third-order valence-corrected chi connectivity index (χ3v) is 10.7. The number of pyridine rings is 2. The van der Waals surface area contributed by atoms with Gasteiger partial charge in [-0.15, -0.1) is 0 Å². The monoisotopic (exact) mass is 667 g/mol. The Labute approximate surface area is 276 Å². The molecule has 0 aliphatic carbocycles. The van der Waals surface area contributed by atoms with Crippen LogP contribution in [0.15, 0.2) is 134 Å². The summed E-state index contributed by atoms with van der Waals surface area (Å²) >= 11 is 0.114. The summed E-state index contributed by atoms with van der Waals surface area (Å²) < 4.78 is 9.10. The summed E-state index contributed by atoms with van der Waals surface area (Å²) in [6.07, 6.45) is 3.76. The number of rotatable bonds is 5. The van der Waals surface area contributed by atoms with Crippen molar-refractivity contribution < 1.29 is 4.74 Å². The van der Waals surface area contributed by atoms with E-state index < -0.39 is 0 Å². The molecule has 0 spiro atoms. The fourth-order valence-corrected chi connectivity index (χ4v) is 8.16. The van der Waals surface area contributed by atoms with Crippen LogP contribution in [-0.2, 0) is 5.41 Å². The van der Waals surface area contributed by atoms with E-state index in [1.165, 1.54) is 31.5 Å². The number of aromatic nitrogens is 2.